The lowest BCUT2D eigenvalue weighted by molar-refractivity contribution is 0.0952. The van der Waals surface area contributed by atoms with Crippen LogP contribution >= 0.6 is 15.9 Å². The number of carbonyl (C=O) groups excluding carboxylic acids is 1. The largest absolute Gasteiger partial charge is 0.496 e. The normalized spacial score (nSPS) is 10.7. The van der Waals surface area contributed by atoms with Crippen molar-refractivity contribution in [3.63, 3.8) is 0 Å². The smallest absolute Gasteiger partial charge is 0.275 e. The van der Waals surface area contributed by atoms with Gasteiger partial charge in [-0.2, -0.15) is 5.10 Å². The molecule has 0 aliphatic heterocycles. The number of hydrazone groups is 1. The molecule has 0 aliphatic rings. The van der Waals surface area contributed by atoms with Crippen LogP contribution in [-0.2, 0) is 6.61 Å². The van der Waals surface area contributed by atoms with Crippen molar-refractivity contribution >= 4 is 28.1 Å². The molecule has 0 bridgehead atoms. The number of nitrogens with zero attached hydrogens (tertiary/aromatic N) is 1. The molecule has 3 aromatic rings. The van der Waals surface area contributed by atoms with E-state index < -0.39 is 0 Å². The molecule has 7 heteroatoms. The number of amides is 1. The fraction of sp³-hybridized carbons (Fsp3) is 0.0909. The molecule has 0 radical (unpaired) electrons. The third-order valence-electron chi connectivity index (χ3n) is 3.96. The Kier molecular flexibility index (Phi) is 6.97. The van der Waals surface area contributed by atoms with E-state index in [-0.39, 0.29) is 11.7 Å². The van der Waals surface area contributed by atoms with E-state index >= 15 is 0 Å². The molecule has 0 aromatic heterocycles. The summed E-state index contributed by atoms with van der Waals surface area (Å²) in [7, 11) is 1.50. The maximum Gasteiger partial charge on any atom is 0.275 e. The molecular formula is C22H18BrFN2O3. The second-order valence-corrected chi connectivity index (χ2v) is 6.95. The van der Waals surface area contributed by atoms with E-state index in [0.717, 1.165) is 15.6 Å². The molecule has 0 unspecified atom stereocenters. The van der Waals surface area contributed by atoms with Gasteiger partial charge in [-0.3, -0.25) is 4.79 Å². The number of benzene rings is 3. The van der Waals surface area contributed by atoms with Crippen molar-refractivity contribution in [2.24, 2.45) is 5.10 Å². The Morgan fingerprint density at radius 1 is 1.14 bits per heavy atom. The lowest BCUT2D eigenvalue weighted by Gasteiger charge is -2.08. The Bertz CT molecular complexity index is 1020. The van der Waals surface area contributed by atoms with Gasteiger partial charge >= 0.3 is 0 Å². The van der Waals surface area contributed by atoms with E-state index in [2.05, 4.69) is 26.5 Å². The molecular weight excluding hydrogens is 439 g/mol. The molecule has 1 amide bonds. The van der Waals surface area contributed by atoms with Crippen LogP contribution in [0.3, 0.4) is 0 Å². The van der Waals surface area contributed by atoms with Gasteiger partial charge < -0.3 is 9.47 Å². The fourth-order valence-corrected chi connectivity index (χ4v) is 2.88. The quantitative estimate of drug-likeness (QED) is 0.404. The van der Waals surface area contributed by atoms with Crippen LogP contribution in [-0.4, -0.2) is 19.2 Å². The Balaban J connectivity index is 1.61. The van der Waals surface area contributed by atoms with Crippen LogP contribution in [0.15, 0.2) is 76.3 Å². The minimum absolute atomic E-state index is 0.283. The van der Waals surface area contributed by atoms with Crippen LogP contribution in [0.25, 0.3) is 0 Å². The molecule has 29 heavy (non-hydrogen) atoms. The molecule has 0 spiro atoms. The summed E-state index contributed by atoms with van der Waals surface area (Å²) in [5.74, 6) is 0.424. The molecule has 0 saturated heterocycles. The minimum Gasteiger partial charge on any atom is -0.496 e. The minimum atomic E-state index is -0.386. The summed E-state index contributed by atoms with van der Waals surface area (Å²) in [4.78, 5) is 12.3. The van der Waals surface area contributed by atoms with Crippen LogP contribution in [0, 0.1) is 5.82 Å². The second kappa shape index (κ2) is 9.84. The van der Waals surface area contributed by atoms with Gasteiger partial charge in [-0.15, -0.1) is 0 Å². The SMILES string of the molecule is COc1ccc(Br)cc1C(=O)N/N=C\c1cccc(OCc2ccc(F)cc2)c1. The lowest BCUT2D eigenvalue weighted by atomic mass is 10.2. The summed E-state index contributed by atoms with van der Waals surface area (Å²) in [6, 6.07) is 18.5. The first-order chi connectivity index (χ1) is 14.0. The summed E-state index contributed by atoms with van der Waals surface area (Å²) in [5, 5.41) is 4.00. The topological polar surface area (TPSA) is 59.9 Å². The van der Waals surface area contributed by atoms with Gasteiger partial charge in [0.15, 0.2) is 0 Å². The molecule has 148 valence electrons. The molecule has 5 nitrogen and oxygen atoms in total. The van der Waals surface area contributed by atoms with Crippen LogP contribution in [0.2, 0.25) is 0 Å². The summed E-state index contributed by atoms with van der Waals surface area (Å²) in [6.07, 6.45) is 1.52. The van der Waals surface area contributed by atoms with Crippen molar-refractivity contribution in [1.29, 1.82) is 0 Å². The average Bonchev–Trinajstić information content (AvgIpc) is 2.73. The summed E-state index contributed by atoms with van der Waals surface area (Å²) >= 11 is 3.34. The van der Waals surface area contributed by atoms with E-state index in [1.807, 2.05) is 18.2 Å². The highest BCUT2D eigenvalue weighted by Crippen LogP contribution is 2.22. The first kappa shape index (κ1) is 20.5. The molecule has 0 saturated carbocycles. The highest BCUT2D eigenvalue weighted by Gasteiger charge is 2.12. The molecule has 3 aromatic carbocycles. The van der Waals surface area contributed by atoms with Crippen LogP contribution in [0.5, 0.6) is 11.5 Å². The number of rotatable bonds is 7. The van der Waals surface area contributed by atoms with Crippen LogP contribution in [0.1, 0.15) is 21.5 Å². The van der Waals surface area contributed by atoms with Gasteiger partial charge in [0.25, 0.3) is 5.91 Å². The number of hydrogen-bond donors (Lipinski definition) is 1. The van der Waals surface area contributed by atoms with Crippen molar-refractivity contribution in [2.45, 2.75) is 6.61 Å². The van der Waals surface area contributed by atoms with Crippen LogP contribution < -0.4 is 14.9 Å². The predicted molar refractivity (Wildman–Crippen MR) is 113 cm³/mol. The van der Waals surface area contributed by atoms with Crippen molar-refractivity contribution in [2.75, 3.05) is 7.11 Å². The first-order valence-electron chi connectivity index (χ1n) is 8.69. The predicted octanol–water partition coefficient (Wildman–Crippen LogP) is 4.94. The number of methoxy groups -OCH3 is 1. The second-order valence-electron chi connectivity index (χ2n) is 6.03. The van der Waals surface area contributed by atoms with Gasteiger partial charge in [-0.25, -0.2) is 9.82 Å². The van der Waals surface area contributed by atoms with Crippen molar-refractivity contribution in [3.8, 4) is 11.5 Å². The molecule has 1 N–H and O–H groups in total. The van der Waals surface area contributed by atoms with Crippen molar-refractivity contribution in [1.82, 2.24) is 5.43 Å². The zero-order chi connectivity index (χ0) is 20.6. The van der Waals surface area contributed by atoms with Crippen molar-refractivity contribution < 1.29 is 18.7 Å². The average molecular weight is 457 g/mol. The molecule has 0 aliphatic carbocycles. The van der Waals surface area contributed by atoms with Gasteiger partial charge in [0.1, 0.15) is 23.9 Å². The summed E-state index contributed by atoms with van der Waals surface area (Å²) in [5.41, 5.74) is 4.47. The van der Waals surface area contributed by atoms with Gasteiger partial charge in [-0.05, 0) is 53.6 Å². The highest BCUT2D eigenvalue weighted by atomic mass is 79.9. The highest BCUT2D eigenvalue weighted by molar-refractivity contribution is 9.10. The number of hydrogen-bond acceptors (Lipinski definition) is 4. The van der Waals surface area contributed by atoms with Gasteiger partial charge in [0.2, 0.25) is 0 Å². The summed E-state index contributed by atoms with van der Waals surface area (Å²) < 4.78 is 24.6. The van der Waals surface area contributed by atoms with E-state index in [1.165, 1.54) is 25.5 Å². The third kappa shape index (κ3) is 5.89. The number of carbonyl (C=O) groups is 1. The maximum absolute atomic E-state index is 13.0. The van der Waals surface area contributed by atoms with E-state index in [0.29, 0.717) is 23.7 Å². The Hall–Kier alpha value is -3.19. The van der Waals surface area contributed by atoms with E-state index in [1.54, 1.807) is 36.4 Å². The Labute approximate surface area is 176 Å². The van der Waals surface area contributed by atoms with Gasteiger partial charge in [0, 0.05) is 4.47 Å². The number of ether oxygens (including phenoxy) is 2. The van der Waals surface area contributed by atoms with E-state index in [4.69, 9.17) is 9.47 Å². The zero-order valence-corrected chi connectivity index (χ0v) is 17.1. The summed E-state index contributed by atoms with van der Waals surface area (Å²) in [6.45, 7) is 0.320. The third-order valence-corrected chi connectivity index (χ3v) is 4.46. The van der Waals surface area contributed by atoms with Crippen LogP contribution in [0.4, 0.5) is 4.39 Å². The number of nitrogens with one attached hydrogen (secondary N) is 1. The Morgan fingerprint density at radius 2 is 1.93 bits per heavy atom. The molecule has 0 fully saturated rings. The Morgan fingerprint density at radius 3 is 2.69 bits per heavy atom. The van der Waals surface area contributed by atoms with E-state index in [9.17, 15) is 9.18 Å². The molecule has 3 rings (SSSR count). The van der Waals surface area contributed by atoms with Gasteiger partial charge in [0.05, 0.1) is 18.9 Å². The first-order valence-corrected chi connectivity index (χ1v) is 9.49. The number of halogens is 2. The maximum atomic E-state index is 13.0. The van der Waals surface area contributed by atoms with Gasteiger partial charge in [-0.1, -0.05) is 40.2 Å². The fourth-order valence-electron chi connectivity index (χ4n) is 2.52. The monoisotopic (exact) mass is 456 g/mol. The zero-order valence-electron chi connectivity index (χ0n) is 15.6. The standard InChI is InChI=1S/C22H18BrFN2O3/c1-28-21-10-7-17(23)12-20(21)22(27)26-25-13-16-3-2-4-19(11-16)29-14-15-5-8-18(24)9-6-15/h2-13H,14H2,1H3,(H,26,27)/b25-13-. The molecule has 0 atom stereocenters. The van der Waals surface area contributed by atoms with Crippen molar-refractivity contribution in [3.05, 3.63) is 93.7 Å². The molecule has 0 heterocycles. The lowest BCUT2D eigenvalue weighted by Crippen LogP contribution is -2.18.